The molecule has 0 saturated carbocycles. The minimum absolute atomic E-state index is 0.139. The van der Waals surface area contributed by atoms with Crippen molar-refractivity contribution >= 4 is 5.91 Å². The van der Waals surface area contributed by atoms with E-state index in [2.05, 4.69) is 20.2 Å². The normalized spacial score (nSPS) is 17.8. The third-order valence-corrected chi connectivity index (χ3v) is 4.26. The van der Waals surface area contributed by atoms with Gasteiger partial charge in [-0.05, 0) is 31.9 Å². The molecule has 0 radical (unpaired) electrons. The average molecular weight is 330 g/mol. The van der Waals surface area contributed by atoms with Crippen molar-refractivity contribution in [3.63, 3.8) is 0 Å². The summed E-state index contributed by atoms with van der Waals surface area (Å²) in [4.78, 5) is 22.7. The van der Waals surface area contributed by atoms with Gasteiger partial charge in [0.1, 0.15) is 0 Å². The highest BCUT2D eigenvalue weighted by atomic mass is 16.5. The summed E-state index contributed by atoms with van der Waals surface area (Å²) < 4.78 is 10.2. The van der Waals surface area contributed by atoms with E-state index in [4.69, 9.17) is 9.15 Å². The second-order valence-electron chi connectivity index (χ2n) is 6.11. The van der Waals surface area contributed by atoms with Gasteiger partial charge in [0.2, 0.25) is 0 Å². The summed E-state index contributed by atoms with van der Waals surface area (Å²) in [5.74, 6) is 0.711. The molecule has 3 rings (SSSR count). The van der Waals surface area contributed by atoms with Gasteiger partial charge in [0.25, 0.3) is 5.91 Å². The predicted octanol–water partition coefficient (Wildman–Crippen LogP) is 1.64. The van der Waals surface area contributed by atoms with Gasteiger partial charge >= 0.3 is 6.01 Å². The van der Waals surface area contributed by atoms with Crippen molar-refractivity contribution in [2.75, 3.05) is 26.7 Å². The van der Waals surface area contributed by atoms with Crippen molar-refractivity contribution in [3.8, 4) is 6.01 Å². The molecule has 1 saturated heterocycles. The summed E-state index contributed by atoms with van der Waals surface area (Å²) in [5, 5.41) is 2.97. The Bertz CT molecular complexity index is 683. The number of likely N-dealkylation sites (tertiary alicyclic amines) is 1. The zero-order chi connectivity index (χ0) is 16.9. The molecule has 0 spiro atoms. The molecule has 1 N–H and O–H groups in total. The van der Waals surface area contributed by atoms with Crippen LogP contribution in [-0.2, 0) is 6.54 Å². The number of aromatic nitrogens is 2. The first-order valence-electron chi connectivity index (χ1n) is 8.05. The van der Waals surface area contributed by atoms with Gasteiger partial charge in [-0.15, -0.1) is 0 Å². The number of nitrogens with zero attached hydrogens (tertiary/aromatic N) is 3. The van der Waals surface area contributed by atoms with Crippen molar-refractivity contribution in [3.05, 3.63) is 41.6 Å². The molecular weight excluding hydrogens is 308 g/mol. The molecule has 0 aromatic carbocycles. The second kappa shape index (κ2) is 7.44. The quantitative estimate of drug-likeness (QED) is 0.867. The molecule has 2 aromatic heterocycles. The van der Waals surface area contributed by atoms with Gasteiger partial charge in [-0.25, -0.2) is 9.97 Å². The molecule has 24 heavy (non-hydrogen) atoms. The minimum atomic E-state index is -0.139. The molecule has 1 aliphatic rings. The van der Waals surface area contributed by atoms with Gasteiger partial charge in [0.05, 0.1) is 13.4 Å². The number of furan rings is 1. The van der Waals surface area contributed by atoms with E-state index in [0.717, 1.165) is 37.2 Å². The lowest BCUT2D eigenvalue weighted by Gasteiger charge is -2.16. The summed E-state index contributed by atoms with van der Waals surface area (Å²) in [7, 11) is 1.55. The van der Waals surface area contributed by atoms with E-state index in [1.165, 1.54) is 0 Å². The molecule has 0 aliphatic carbocycles. The fourth-order valence-electron chi connectivity index (χ4n) is 2.93. The Hall–Kier alpha value is -2.41. The van der Waals surface area contributed by atoms with Crippen LogP contribution in [0.1, 0.15) is 28.1 Å². The number of aryl methyl sites for hydroxylation is 1. The Balaban J connectivity index is 1.45. The highest BCUT2D eigenvalue weighted by molar-refractivity contribution is 5.92. The highest BCUT2D eigenvalue weighted by Gasteiger charge is 2.24. The summed E-state index contributed by atoms with van der Waals surface area (Å²) in [6, 6.07) is 2.18. The molecule has 7 nitrogen and oxygen atoms in total. The first kappa shape index (κ1) is 16.4. The van der Waals surface area contributed by atoms with E-state index in [-0.39, 0.29) is 5.91 Å². The molecular formula is C17H22N4O3. The van der Waals surface area contributed by atoms with E-state index in [0.29, 0.717) is 24.2 Å². The number of carbonyl (C=O) groups is 1. The first-order chi connectivity index (χ1) is 11.7. The lowest BCUT2D eigenvalue weighted by atomic mass is 10.1. The highest BCUT2D eigenvalue weighted by Crippen LogP contribution is 2.18. The van der Waals surface area contributed by atoms with E-state index >= 15 is 0 Å². The van der Waals surface area contributed by atoms with Gasteiger partial charge in [0.15, 0.2) is 5.76 Å². The number of hydrogen-bond acceptors (Lipinski definition) is 6. The van der Waals surface area contributed by atoms with E-state index in [1.807, 2.05) is 6.92 Å². The van der Waals surface area contributed by atoms with Crippen LogP contribution < -0.4 is 10.1 Å². The predicted molar refractivity (Wildman–Crippen MR) is 87.7 cm³/mol. The Morgan fingerprint density at radius 1 is 1.46 bits per heavy atom. The lowest BCUT2D eigenvalue weighted by molar-refractivity contribution is 0.0918. The van der Waals surface area contributed by atoms with Gasteiger partial charge in [-0.3, -0.25) is 9.69 Å². The number of amides is 1. The summed E-state index contributed by atoms with van der Waals surface area (Å²) in [5.41, 5.74) is 1.92. The molecule has 1 atom stereocenters. The first-order valence-corrected chi connectivity index (χ1v) is 8.05. The molecule has 1 fully saturated rings. The topological polar surface area (TPSA) is 80.5 Å². The Morgan fingerprint density at radius 2 is 2.25 bits per heavy atom. The summed E-state index contributed by atoms with van der Waals surface area (Å²) in [6.45, 7) is 5.29. The van der Waals surface area contributed by atoms with Gasteiger partial charge in [-0.1, -0.05) is 0 Å². The number of carbonyl (C=O) groups excluding carboxylic acids is 1. The number of methoxy groups -OCH3 is 1. The number of nitrogens with one attached hydrogen (secondary N) is 1. The fraction of sp³-hybridized carbons (Fsp3) is 0.471. The molecule has 1 aliphatic heterocycles. The molecule has 0 bridgehead atoms. The second-order valence-corrected chi connectivity index (χ2v) is 6.11. The van der Waals surface area contributed by atoms with E-state index in [9.17, 15) is 4.79 Å². The lowest BCUT2D eigenvalue weighted by Crippen LogP contribution is -2.31. The van der Waals surface area contributed by atoms with Gasteiger partial charge < -0.3 is 14.5 Å². The monoisotopic (exact) mass is 330 g/mol. The van der Waals surface area contributed by atoms with Crippen LogP contribution in [0.2, 0.25) is 0 Å². The third-order valence-electron chi connectivity index (χ3n) is 4.26. The minimum Gasteiger partial charge on any atom is -0.467 e. The van der Waals surface area contributed by atoms with Crippen LogP contribution in [0.25, 0.3) is 0 Å². The smallest absolute Gasteiger partial charge is 0.316 e. The molecule has 1 amide bonds. The molecule has 128 valence electrons. The Labute approximate surface area is 141 Å². The largest absolute Gasteiger partial charge is 0.467 e. The Kier molecular flexibility index (Phi) is 5.10. The molecule has 1 unspecified atom stereocenters. The van der Waals surface area contributed by atoms with Crippen LogP contribution in [0.4, 0.5) is 0 Å². The molecule has 3 heterocycles. The zero-order valence-corrected chi connectivity index (χ0v) is 14.0. The van der Waals surface area contributed by atoms with Crippen molar-refractivity contribution in [2.24, 2.45) is 5.92 Å². The van der Waals surface area contributed by atoms with Gasteiger partial charge in [-0.2, -0.15) is 0 Å². The molecule has 7 heteroatoms. The number of rotatable bonds is 6. The maximum absolute atomic E-state index is 12.1. The van der Waals surface area contributed by atoms with Crippen molar-refractivity contribution in [1.29, 1.82) is 0 Å². The van der Waals surface area contributed by atoms with Crippen LogP contribution >= 0.6 is 0 Å². The summed E-state index contributed by atoms with van der Waals surface area (Å²) >= 11 is 0. The fourth-order valence-corrected chi connectivity index (χ4v) is 2.93. The van der Waals surface area contributed by atoms with Crippen LogP contribution in [0.15, 0.2) is 29.1 Å². The van der Waals surface area contributed by atoms with Crippen LogP contribution in [0, 0.1) is 12.8 Å². The maximum Gasteiger partial charge on any atom is 0.316 e. The molecule has 2 aromatic rings. The average Bonchev–Trinajstić information content (AvgIpc) is 3.22. The summed E-state index contributed by atoms with van der Waals surface area (Å²) in [6.07, 6.45) is 6.19. The third kappa shape index (κ3) is 3.91. The number of hydrogen-bond donors (Lipinski definition) is 1. The van der Waals surface area contributed by atoms with Crippen molar-refractivity contribution in [1.82, 2.24) is 20.2 Å². The maximum atomic E-state index is 12.1. The van der Waals surface area contributed by atoms with Crippen molar-refractivity contribution in [2.45, 2.75) is 19.9 Å². The zero-order valence-electron chi connectivity index (χ0n) is 14.0. The van der Waals surface area contributed by atoms with E-state index in [1.54, 1.807) is 31.8 Å². The van der Waals surface area contributed by atoms with Crippen molar-refractivity contribution < 1.29 is 13.9 Å². The Morgan fingerprint density at radius 3 is 2.92 bits per heavy atom. The van der Waals surface area contributed by atoms with Crippen LogP contribution in [0.3, 0.4) is 0 Å². The SMILES string of the molecule is COc1ncc(CN2CCC(CNC(=O)c3occc3C)C2)cn1. The van der Waals surface area contributed by atoms with E-state index < -0.39 is 0 Å². The van der Waals surface area contributed by atoms with Crippen LogP contribution in [-0.4, -0.2) is 47.5 Å². The standard InChI is InChI=1S/C17H22N4O3/c1-12-4-6-24-15(12)16(22)18-7-13-3-5-21(10-13)11-14-8-19-17(23-2)20-9-14/h4,6,8-9,13H,3,5,7,10-11H2,1-2H3,(H,18,22). The number of ether oxygens (including phenoxy) is 1. The van der Waals surface area contributed by atoms with Crippen LogP contribution in [0.5, 0.6) is 6.01 Å². The van der Waals surface area contributed by atoms with Gasteiger partial charge in [0, 0.05) is 43.2 Å².